The number of rotatable bonds is 5. The molecule has 0 unspecified atom stereocenters. The molecule has 1 aliphatic heterocycles. The van der Waals surface area contributed by atoms with Crippen LogP contribution in [0.5, 0.6) is 5.75 Å². The standard InChI is InChI=1S/C14H12INO5S/c1-2-21-10-4-3-8(5-9(10)15)6-11-13(19)16(7-12(17)18)14(20)22-11/h3-6H,2,7H2,1H3,(H,17,18)/b11-6+. The van der Waals surface area contributed by atoms with E-state index in [4.69, 9.17) is 9.84 Å². The Morgan fingerprint density at radius 3 is 2.77 bits per heavy atom. The second kappa shape index (κ2) is 7.14. The van der Waals surface area contributed by atoms with Gasteiger partial charge in [-0.05, 0) is 65.0 Å². The topological polar surface area (TPSA) is 83.9 Å². The quantitative estimate of drug-likeness (QED) is 0.568. The Bertz CT molecular complexity index is 673. The molecule has 0 aromatic heterocycles. The highest BCUT2D eigenvalue weighted by molar-refractivity contribution is 14.1. The predicted molar refractivity (Wildman–Crippen MR) is 90.6 cm³/mol. The van der Waals surface area contributed by atoms with E-state index in [2.05, 4.69) is 22.6 Å². The molecule has 1 aromatic carbocycles. The highest BCUT2D eigenvalue weighted by Gasteiger charge is 2.36. The molecule has 1 heterocycles. The fourth-order valence-electron chi connectivity index (χ4n) is 1.80. The second-order valence-electron chi connectivity index (χ2n) is 4.28. The molecule has 1 saturated heterocycles. The molecule has 0 bridgehead atoms. The summed E-state index contributed by atoms with van der Waals surface area (Å²) in [4.78, 5) is 35.3. The number of ether oxygens (including phenoxy) is 1. The summed E-state index contributed by atoms with van der Waals surface area (Å²) >= 11 is 2.86. The van der Waals surface area contributed by atoms with Crippen LogP contribution >= 0.6 is 34.4 Å². The minimum absolute atomic E-state index is 0.214. The van der Waals surface area contributed by atoms with E-state index >= 15 is 0 Å². The van der Waals surface area contributed by atoms with Crippen LogP contribution in [0.1, 0.15) is 12.5 Å². The van der Waals surface area contributed by atoms with Crippen LogP contribution in [0.4, 0.5) is 4.79 Å². The first-order chi connectivity index (χ1) is 10.4. The molecule has 0 radical (unpaired) electrons. The number of hydrogen-bond acceptors (Lipinski definition) is 5. The number of thioether (sulfide) groups is 1. The van der Waals surface area contributed by atoms with Crippen LogP contribution in [-0.2, 0) is 9.59 Å². The van der Waals surface area contributed by atoms with Crippen LogP contribution in [0.3, 0.4) is 0 Å². The number of carbonyl (C=O) groups excluding carboxylic acids is 2. The van der Waals surface area contributed by atoms with Gasteiger partial charge >= 0.3 is 5.97 Å². The average molecular weight is 433 g/mol. The summed E-state index contributed by atoms with van der Waals surface area (Å²) < 4.78 is 6.32. The van der Waals surface area contributed by atoms with Gasteiger partial charge in [-0.25, -0.2) is 0 Å². The van der Waals surface area contributed by atoms with E-state index in [1.165, 1.54) is 0 Å². The molecule has 6 nitrogen and oxygen atoms in total. The van der Waals surface area contributed by atoms with E-state index in [0.717, 1.165) is 31.5 Å². The summed E-state index contributed by atoms with van der Waals surface area (Å²) in [7, 11) is 0. The molecule has 0 saturated carbocycles. The summed E-state index contributed by atoms with van der Waals surface area (Å²) in [5, 5.41) is 8.14. The molecule has 0 spiro atoms. The minimum Gasteiger partial charge on any atom is -0.493 e. The lowest BCUT2D eigenvalue weighted by atomic mass is 10.2. The first kappa shape index (κ1) is 16.8. The summed E-state index contributed by atoms with van der Waals surface area (Å²) in [5.74, 6) is -1.06. The molecule has 1 fully saturated rings. The molecule has 0 atom stereocenters. The predicted octanol–water partition coefficient (Wildman–Crippen LogP) is 2.81. The maximum Gasteiger partial charge on any atom is 0.323 e. The van der Waals surface area contributed by atoms with Crippen LogP contribution in [-0.4, -0.2) is 40.3 Å². The van der Waals surface area contributed by atoms with Gasteiger partial charge in [0.2, 0.25) is 0 Å². The highest BCUT2D eigenvalue weighted by atomic mass is 127. The van der Waals surface area contributed by atoms with Crippen molar-refractivity contribution in [1.29, 1.82) is 0 Å². The number of aliphatic carboxylic acids is 1. The zero-order valence-corrected chi connectivity index (χ0v) is 14.5. The molecular formula is C14H12INO5S. The Balaban J connectivity index is 2.23. The van der Waals surface area contributed by atoms with Gasteiger partial charge in [0.1, 0.15) is 12.3 Å². The third-order valence-corrected chi connectivity index (χ3v) is 4.47. The van der Waals surface area contributed by atoms with Crippen molar-refractivity contribution < 1.29 is 24.2 Å². The van der Waals surface area contributed by atoms with Crippen LogP contribution < -0.4 is 4.74 Å². The monoisotopic (exact) mass is 433 g/mol. The molecule has 1 aromatic rings. The molecule has 1 N–H and O–H groups in total. The number of carboxylic acid groups (broad SMARTS) is 1. The Hall–Kier alpha value is -1.55. The number of amides is 2. The van der Waals surface area contributed by atoms with Crippen molar-refractivity contribution in [2.24, 2.45) is 0 Å². The van der Waals surface area contributed by atoms with Crippen molar-refractivity contribution in [3.8, 4) is 5.75 Å². The van der Waals surface area contributed by atoms with Gasteiger partial charge in [-0.2, -0.15) is 0 Å². The van der Waals surface area contributed by atoms with E-state index in [-0.39, 0.29) is 4.91 Å². The van der Waals surface area contributed by atoms with E-state index < -0.39 is 23.7 Å². The lowest BCUT2D eigenvalue weighted by molar-refractivity contribution is -0.140. The van der Waals surface area contributed by atoms with Gasteiger partial charge < -0.3 is 9.84 Å². The van der Waals surface area contributed by atoms with Gasteiger partial charge in [0.15, 0.2) is 0 Å². The summed E-state index contributed by atoms with van der Waals surface area (Å²) in [6.45, 7) is 1.83. The fourth-order valence-corrected chi connectivity index (χ4v) is 3.34. The maximum absolute atomic E-state index is 12.0. The van der Waals surface area contributed by atoms with Crippen molar-refractivity contribution in [1.82, 2.24) is 4.90 Å². The Kier molecular flexibility index (Phi) is 5.46. The van der Waals surface area contributed by atoms with Crippen LogP contribution in [0.2, 0.25) is 0 Å². The minimum atomic E-state index is -1.22. The average Bonchev–Trinajstić information content (AvgIpc) is 2.69. The maximum atomic E-state index is 12.0. The lowest BCUT2D eigenvalue weighted by Gasteiger charge is -2.08. The number of hydrogen-bond donors (Lipinski definition) is 1. The van der Waals surface area contributed by atoms with Crippen LogP contribution in [0, 0.1) is 3.57 Å². The van der Waals surface area contributed by atoms with E-state index in [9.17, 15) is 14.4 Å². The SMILES string of the molecule is CCOc1ccc(/C=C2/SC(=O)N(CC(=O)O)C2=O)cc1I. The van der Waals surface area contributed by atoms with Crippen LogP contribution in [0.15, 0.2) is 23.1 Å². The number of imide groups is 1. The Morgan fingerprint density at radius 1 is 1.45 bits per heavy atom. The molecule has 1 aliphatic rings. The number of nitrogens with zero attached hydrogens (tertiary/aromatic N) is 1. The molecular weight excluding hydrogens is 421 g/mol. The number of carbonyl (C=O) groups is 3. The van der Waals surface area contributed by atoms with E-state index in [1.807, 2.05) is 13.0 Å². The lowest BCUT2D eigenvalue weighted by Crippen LogP contribution is -2.33. The van der Waals surface area contributed by atoms with Crippen molar-refractivity contribution in [2.45, 2.75) is 6.92 Å². The van der Waals surface area contributed by atoms with Gasteiger partial charge in [-0.15, -0.1) is 0 Å². The molecule has 116 valence electrons. The highest BCUT2D eigenvalue weighted by Crippen LogP contribution is 2.33. The molecule has 2 amide bonds. The van der Waals surface area contributed by atoms with Gasteiger partial charge in [-0.1, -0.05) is 6.07 Å². The third-order valence-electron chi connectivity index (χ3n) is 2.72. The number of benzene rings is 1. The number of carboxylic acids is 1. The Morgan fingerprint density at radius 2 is 2.18 bits per heavy atom. The summed E-state index contributed by atoms with van der Waals surface area (Å²) in [6, 6.07) is 5.40. The first-order valence-corrected chi connectivity index (χ1v) is 8.21. The van der Waals surface area contributed by atoms with E-state index in [1.54, 1.807) is 18.2 Å². The van der Waals surface area contributed by atoms with Crippen molar-refractivity contribution in [2.75, 3.05) is 13.2 Å². The second-order valence-corrected chi connectivity index (χ2v) is 6.44. The zero-order valence-electron chi connectivity index (χ0n) is 11.5. The van der Waals surface area contributed by atoms with E-state index in [0.29, 0.717) is 6.61 Å². The van der Waals surface area contributed by atoms with Crippen molar-refractivity contribution in [3.63, 3.8) is 0 Å². The summed E-state index contributed by atoms with van der Waals surface area (Å²) in [5.41, 5.74) is 0.744. The van der Waals surface area contributed by atoms with Gasteiger partial charge in [0, 0.05) is 0 Å². The summed E-state index contributed by atoms with van der Waals surface area (Å²) in [6.07, 6.45) is 1.57. The normalized spacial score (nSPS) is 16.5. The molecule has 2 rings (SSSR count). The number of halogens is 1. The smallest absolute Gasteiger partial charge is 0.323 e. The van der Waals surface area contributed by atoms with Gasteiger partial charge in [0.05, 0.1) is 15.1 Å². The fraction of sp³-hybridized carbons (Fsp3) is 0.214. The molecule has 8 heteroatoms. The largest absolute Gasteiger partial charge is 0.493 e. The Labute approximate surface area is 144 Å². The van der Waals surface area contributed by atoms with Crippen LogP contribution in [0.25, 0.3) is 6.08 Å². The molecule has 22 heavy (non-hydrogen) atoms. The zero-order chi connectivity index (χ0) is 16.3. The van der Waals surface area contributed by atoms with Gasteiger partial charge in [-0.3, -0.25) is 19.3 Å². The third kappa shape index (κ3) is 3.80. The first-order valence-electron chi connectivity index (χ1n) is 6.32. The van der Waals surface area contributed by atoms with Crippen molar-refractivity contribution in [3.05, 3.63) is 32.2 Å². The van der Waals surface area contributed by atoms with Crippen molar-refractivity contribution >= 4 is 57.5 Å². The van der Waals surface area contributed by atoms with Gasteiger partial charge in [0.25, 0.3) is 11.1 Å². The molecule has 0 aliphatic carbocycles.